The van der Waals surface area contributed by atoms with Gasteiger partial charge in [0.15, 0.2) is 0 Å². The van der Waals surface area contributed by atoms with Crippen molar-refractivity contribution in [1.82, 2.24) is 20.2 Å². The number of piperidine rings is 1. The van der Waals surface area contributed by atoms with Crippen LogP contribution in [-0.2, 0) is 22.2 Å². The summed E-state index contributed by atoms with van der Waals surface area (Å²) in [5.74, 6) is -1.33. The number of rotatable bonds is 7. The first-order valence-corrected chi connectivity index (χ1v) is 11.5. The van der Waals surface area contributed by atoms with Crippen LogP contribution in [0.25, 0.3) is 11.0 Å². The van der Waals surface area contributed by atoms with Gasteiger partial charge in [0.05, 0.1) is 17.6 Å². The average molecular weight is 480 g/mol. The molecule has 3 aromatic rings. The Bertz CT molecular complexity index is 1110. The molecule has 1 saturated heterocycles. The van der Waals surface area contributed by atoms with Crippen LogP contribution in [0.3, 0.4) is 0 Å². The molecule has 176 valence electrons. The van der Waals surface area contributed by atoms with Gasteiger partial charge in [-0.1, -0.05) is 6.07 Å². The van der Waals surface area contributed by atoms with Gasteiger partial charge in [0.25, 0.3) is 0 Å². The number of aromatic amines is 1. The summed E-state index contributed by atoms with van der Waals surface area (Å²) >= 11 is 1.67. The summed E-state index contributed by atoms with van der Waals surface area (Å²) in [5.41, 5.74) is 0.770. The number of hydrogen-bond donors (Lipinski definition) is 3. The lowest BCUT2D eigenvalue weighted by Crippen LogP contribution is -2.43. The molecule has 2 amide bonds. The van der Waals surface area contributed by atoms with Crippen molar-refractivity contribution in [3.8, 4) is 0 Å². The van der Waals surface area contributed by atoms with Gasteiger partial charge in [-0.05, 0) is 62.0 Å². The number of hydrogen-bond acceptors (Lipinski definition) is 5. The number of fused-ring (bicyclic) bond motifs is 1. The largest absolute Gasteiger partial charge is 0.449 e. The number of thiophene rings is 1. The quantitative estimate of drug-likeness (QED) is 0.483. The molecule has 7 nitrogen and oxygen atoms in total. The highest BCUT2D eigenvalue weighted by Gasteiger charge is 2.34. The maximum absolute atomic E-state index is 12.8. The molecule has 0 saturated carbocycles. The number of likely N-dealkylation sites (tertiary alicyclic amines) is 1. The lowest BCUT2D eigenvalue weighted by atomic mass is 9.96. The first-order valence-electron chi connectivity index (χ1n) is 10.7. The number of anilines is 1. The number of halogens is 3. The summed E-state index contributed by atoms with van der Waals surface area (Å²) in [5, 5.41) is 7.73. The summed E-state index contributed by atoms with van der Waals surface area (Å²) < 4.78 is 38.4. The van der Waals surface area contributed by atoms with Crippen molar-refractivity contribution < 1.29 is 22.8 Å². The highest BCUT2D eigenvalue weighted by Crippen LogP contribution is 2.29. The highest BCUT2D eigenvalue weighted by molar-refractivity contribution is 7.09. The Morgan fingerprint density at radius 1 is 1.21 bits per heavy atom. The molecule has 11 heteroatoms. The van der Waals surface area contributed by atoms with Crippen molar-refractivity contribution in [2.45, 2.75) is 25.4 Å². The Balaban J connectivity index is 1.21. The molecule has 1 fully saturated rings. The number of nitrogens with one attached hydrogen (secondary N) is 3. The average Bonchev–Trinajstić information content (AvgIpc) is 3.43. The number of H-pyrrole nitrogens is 1. The molecule has 0 unspecified atom stereocenters. The van der Waals surface area contributed by atoms with Gasteiger partial charge in [0.2, 0.25) is 17.6 Å². The summed E-state index contributed by atoms with van der Waals surface area (Å²) in [7, 11) is 0. The molecule has 1 aliphatic heterocycles. The molecule has 0 aliphatic carbocycles. The third-order valence-electron chi connectivity index (χ3n) is 5.61. The van der Waals surface area contributed by atoms with Crippen LogP contribution in [0.2, 0.25) is 0 Å². The Hall–Kier alpha value is -2.92. The Morgan fingerprint density at radius 3 is 2.70 bits per heavy atom. The van der Waals surface area contributed by atoms with Crippen LogP contribution in [-0.4, -0.2) is 52.9 Å². The summed E-state index contributed by atoms with van der Waals surface area (Å²) in [4.78, 5) is 33.8. The van der Waals surface area contributed by atoms with Crippen LogP contribution in [0.4, 0.5) is 18.9 Å². The van der Waals surface area contributed by atoms with E-state index in [1.165, 1.54) is 23.1 Å². The molecular formula is C22H24F3N5O2S. The van der Waals surface area contributed by atoms with Gasteiger partial charge in [-0.3, -0.25) is 14.5 Å². The van der Waals surface area contributed by atoms with E-state index >= 15 is 0 Å². The Labute approximate surface area is 192 Å². The first kappa shape index (κ1) is 23.2. The van der Waals surface area contributed by atoms with E-state index in [1.54, 1.807) is 11.3 Å². The minimum absolute atomic E-state index is 0.0572. The van der Waals surface area contributed by atoms with Gasteiger partial charge in [-0.2, -0.15) is 13.2 Å². The van der Waals surface area contributed by atoms with E-state index in [1.807, 2.05) is 22.4 Å². The van der Waals surface area contributed by atoms with E-state index in [4.69, 9.17) is 0 Å². The number of carbonyl (C=O) groups excluding carboxylic acids is 2. The van der Waals surface area contributed by atoms with E-state index in [0.717, 1.165) is 6.42 Å². The van der Waals surface area contributed by atoms with Crippen LogP contribution >= 0.6 is 11.3 Å². The molecule has 33 heavy (non-hydrogen) atoms. The molecular weight excluding hydrogens is 455 g/mol. The number of imidazole rings is 1. The number of nitrogens with zero attached hydrogens (tertiary/aromatic N) is 2. The minimum atomic E-state index is -4.56. The van der Waals surface area contributed by atoms with Gasteiger partial charge in [-0.25, -0.2) is 4.98 Å². The van der Waals surface area contributed by atoms with Crippen molar-refractivity contribution in [2.75, 3.05) is 31.5 Å². The van der Waals surface area contributed by atoms with Crippen LogP contribution in [0.5, 0.6) is 0 Å². The lowest BCUT2D eigenvalue weighted by Gasteiger charge is -2.30. The zero-order valence-corrected chi connectivity index (χ0v) is 18.6. The smallest absolute Gasteiger partial charge is 0.355 e. The van der Waals surface area contributed by atoms with Gasteiger partial charge in [0.1, 0.15) is 0 Å². The summed E-state index contributed by atoms with van der Waals surface area (Å²) in [6, 6.07) is 8.43. The number of benzene rings is 1. The fourth-order valence-electron chi connectivity index (χ4n) is 3.89. The van der Waals surface area contributed by atoms with Crippen molar-refractivity contribution in [3.05, 3.63) is 46.4 Å². The molecule has 4 rings (SSSR count). The molecule has 0 radical (unpaired) electrons. The van der Waals surface area contributed by atoms with E-state index in [9.17, 15) is 22.8 Å². The van der Waals surface area contributed by atoms with Crippen LogP contribution < -0.4 is 10.6 Å². The fraction of sp³-hybridized carbons (Fsp3) is 0.409. The van der Waals surface area contributed by atoms with Gasteiger partial charge in [-0.15, -0.1) is 11.3 Å². The molecule has 0 spiro atoms. The molecule has 1 aromatic carbocycles. The number of alkyl halides is 3. The monoisotopic (exact) mass is 479 g/mol. The molecule has 2 aromatic heterocycles. The van der Waals surface area contributed by atoms with Crippen LogP contribution in [0, 0.1) is 5.92 Å². The van der Waals surface area contributed by atoms with Crippen molar-refractivity contribution >= 4 is 39.9 Å². The topological polar surface area (TPSA) is 90.1 Å². The van der Waals surface area contributed by atoms with E-state index in [2.05, 4.69) is 20.6 Å². The highest BCUT2D eigenvalue weighted by atomic mass is 32.1. The standard InChI is InChI=1S/C22H24F3N5O2S/c23-22(24,25)21-28-17-4-3-15(12-18(17)29-21)27-19(31)13-30-9-6-14(7-10-30)20(32)26-8-5-16-2-1-11-33-16/h1-4,11-12,14H,5-10,13H2,(H,26,32)(H,27,31)(H,28,29). The lowest BCUT2D eigenvalue weighted by molar-refractivity contribution is -0.144. The Kier molecular flexibility index (Phi) is 6.99. The SMILES string of the molecule is O=C(CN1CCC(C(=O)NCCc2cccs2)CC1)Nc1ccc2nc(C(F)(F)F)[nH]c2c1. The second-order valence-electron chi connectivity index (χ2n) is 8.03. The molecule has 3 heterocycles. The van der Waals surface area contributed by atoms with E-state index in [-0.39, 0.29) is 35.3 Å². The minimum Gasteiger partial charge on any atom is -0.355 e. The van der Waals surface area contributed by atoms with Crippen molar-refractivity contribution in [3.63, 3.8) is 0 Å². The normalized spacial score (nSPS) is 15.6. The van der Waals surface area contributed by atoms with Crippen molar-refractivity contribution in [1.29, 1.82) is 0 Å². The summed E-state index contributed by atoms with van der Waals surface area (Å²) in [6.07, 6.45) is -2.38. The fourth-order valence-corrected chi connectivity index (χ4v) is 4.60. The maximum atomic E-state index is 12.8. The number of amides is 2. The molecule has 1 aliphatic rings. The van der Waals surface area contributed by atoms with Gasteiger partial charge < -0.3 is 15.6 Å². The Morgan fingerprint density at radius 2 is 2.00 bits per heavy atom. The van der Waals surface area contributed by atoms with E-state index < -0.39 is 12.0 Å². The zero-order valence-electron chi connectivity index (χ0n) is 17.7. The summed E-state index contributed by atoms with van der Waals surface area (Å²) in [6.45, 7) is 2.03. The predicted molar refractivity (Wildman–Crippen MR) is 120 cm³/mol. The molecule has 0 bridgehead atoms. The predicted octanol–water partition coefficient (Wildman–Crippen LogP) is 3.65. The van der Waals surface area contributed by atoms with Crippen LogP contribution in [0.1, 0.15) is 23.5 Å². The third kappa shape index (κ3) is 6.11. The molecule has 3 N–H and O–H groups in total. The first-order chi connectivity index (χ1) is 15.8. The van der Waals surface area contributed by atoms with E-state index in [0.29, 0.717) is 38.2 Å². The zero-order chi connectivity index (χ0) is 23.4. The van der Waals surface area contributed by atoms with Crippen molar-refractivity contribution in [2.24, 2.45) is 5.92 Å². The third-order valence-corrected chi connectivity index (χ3v) is 6.55. The molecule has 0 atom stereocenters. The number of aromatic nitrogens is 2. The van der Waals surface area contributed by atoms with Gasteiger partial charge >= 0.3 is 6.18 Å². The maximum Gasteiger partial charge on any atom is 0.449 e. The van der Waals surface area contributed by atoms with Gasteiger partial charge in [0, 0.05) is 23.0 Å². The second-order valence-corrected chi connectivity index (χ2v) is 9.07. The second kappa shape index (κ2) is 9.92. The number of carbonyl (C=O) groups is 2. The van der Waals surface area contributed by atoms with Crippen LogP contribution in [0.15, 0.2) is 35.7 Å².